The predicted octanol–water partition coefficient (Wildman–Crippen LogP) is 1.88. The molecule has 0 radical (unpaired) electrons. The minimum atomic E-state index is -0.733. The van der Waals surface area contributed by atoms with Crippen LogP contribution in [0.2, 0.25) is 0 Å². The van der Waals surface area contributed by atoms with E-state index in [2.05, 4.69) is 11.7 Å². The van der Waals surface area contributed by atoms with E-state index in [1.807, 2.05) is 0 Å². The topological polar surface area (TPSA) is 55.1 Å². The number of aromatic nitrogens is 2. The SMILES string of the molecule is C=Cn1cc(C2(C(=O)O)CCCC2)cn1. The van der Waals surface area contributed by atoms with Crippen molar-refractivity contribution in [2.75, 3.05) is 0 Å². The first-order valence-electron chi connectivity index (χ1n) is 5.10. The number of aliphatic carboxylic acids is 1. The Balaban J connectivity index is 2.40. The second kappa shape index (κ2) is 3.53. The molecule has 0 saturated heterocycles. The number of carboxylic acid groups (broad SMARTS) is 1. The molecule has 2 rings (SSSR count). The summed E-state index contributed by atoms with van der Waals surface area (Å²) in [5.74, 6) is -0.733. The lowest BCUT2D eigenvalue weighted by molar-refractivity contribution is -0.143. The van der Waals surface area contributed by atoms with Gasteiger partial charge in [0.05, 0.1) is 11.6 Å². The van der Waals surface area contributed by atoms with Gasteiger partial charge in [-0.25, -0.2) is 4.68 Å². The summed E-state index contributed by atoms with van der Waals surface area (Å²) < 4.78 is 1.55. The van der Waals surface area contributed by atoms with Gasteiger partial charge in [0.15, 0.2) is 0 Å². The fourth-order valence-corrected chi connectivity index (χ4v) is 2.29. The van der Waals surface area contributed by atoms with Gasteiger partial charge in [0.25, 0.3) is 0 Å². The average Bonchev–Trinajstić information content (AvgIpc) is 2.87. The summed E-state index contributed by atoms with van der Waals surface area (Å²) in [4.78, 5) is 11.4. The van der Waals surface area contributed by atoms with Crippen LogP contribution >= 0.6 is 0 Å². The molecule has 15 heavy (non-hydrogen) atoms. The van der Waals surface area contributed by atoms with Crippen molar-refractivity contribution in [1.82, 2.24) is 9.78 Å². The molecule has 0 bridgehead atoms. The molecule has 1 saturated carbocycles. The summed E-state index contributed by atoms with van der Waals surface area (Å²) in [7, 11) is 0. The third kappa shape index (κ3) is 1.46. The van der Waals surface area contributed by atoms with E-state index in [1.54, 1.807) is 23.3 Å². The number of hydrogen-bond donors (Lipinski definition) is 1. The van der Waals surface area contributed by atoms with E-state index in [4.69, 9.17) is 0 Å². The van der Waals surface area contributed by atoms with Gasteiger partial charge in [-0.05, 0) is 12.8 Å². The molecule has 4 heteroatoms. The van der Waals surface area contributed by atoms with Crippen LogP contribution in [0.15, 0.2) is 19.0 Å². The molecule has 1 heterocycles. The molecule has 0 atom stereocenters. The Kier molecular flexibility index (Phi) is 2.34. The van der Waals surface area contributed by atoms with Crippen LogP contribution in [0.25, 0.3) is 6.20 Å². The van der Waals surface area contributed by atoms with Gasteiger partial charge in [-0.2, -0.15) is 5.10 Å². The highest BCUT2D eigenvalue weighted by Gasteiger charge is 2.43. The summed E-state index contributed by atoms with van der Waals surface area (Å²) in [6, 6.07) is 0. The Labute approximate surface area is 88.2 Å². The van der Waals surface area contributed by atoms with Crippen molar-refractivity contribution in [2.45, 2.75) is 31.1 Å². The van der Waals surface area contributed by atoms with Gasteiger partial charge in [-0.3, -0.25) is 4.79 Å². The van der Waals surface area contributed by atoms with Crippen molar-refractivity contribution in [3.8, 4) is 0 Å². The summed E-state index contributed by atoms with van der Waals surface area (Å²) in [5.41, 5.74) is 0.0914. The van der Waals surface area contributed by atoms with E-state index >= 15 is 0 Å². The maximum atomic E-state index is 11.4. The van der Waals surface area contributed by atoms with Gasteiger partial charge in [0.1, 0.15) is 0 Å². The fraction of sp³-hybridized carbons (Fsp3) is 0.455. The van der Waals surface area contributed by atoms with Crippen LogP contribution < -0.4 is 0 Å². The molecule has 1 aliphatic rings. The van der Waals surface area contributed by atoms with Crippen LogP contribution in [0.1, 0.15) is 31.2 Å². The van der Waals surface area contributed by atoms with Crippen molar-refractivity contribution < 1.29 is 9.90 Å². The minimum Gasteiger partial charge on any atom is -0.481 e. The van der Waals surface area contributed by atoms with Crippen LogP contribution in [-0.4, -0.2) is 20.9 Å². The van der Waals surface area contributed by atoms with E-state index < -0.39 is 11.4 Å². The molecule has 0 aromatic carbocycles. The van der Waals surface area contributed by atoms with Crippen LogP contribution in [0.5, 0.6) is 0 Å². The number of rotatable bonds is 3. The molecule has 0 unspecified atom stereocenters. The largest absolute Gasteiger partial charge is 0.481 e. The molecule has 1 aromatic rings. The van der Waals surface area contributed by atoms with E-state index in [0.717, 1.165) is 18.4 Å². The highest BCUT2D eigenvalue weighted by molar-refractivity contribution is 5.81. The van der Waals surface area contributed by atoms with Crippen LogP contribution in [0, 0.1) is 0 Å². The van der Waals surface area contributed by atoms with E-state index in [0.29, 0.717) is 12.8 Å². The van der Waals surface area contributed by atoms with E-state index in [1.165, 1.54) is 0 Å². The minimum absolute atomic E-state index is 0.707. The summed E-state index contributed by atoms with van der Waals surface area (Å²) in [6.07, 6.45) is 8.34. The van der Waals surface area contributed by atoms with Gasteiger partial charge in [0, 0.05) is 18.0 Å². The van der Waals surface area contributed by atoms with Crippen LogP contribution in [0.3, 0.4) is 0 Å². The summed E-state index contributed by atoms with van der Waals surface area (Å²) in [5, 5.41) is 13.4. The monoisotopic (exact) mass is 206 g/mol. The molecule has 4 nitrogen and oxygen atoms in total. The van der Waals surface area contributed by atoms with Crippen molar-refractivity contribution in [3.63, 3.8) is 0 Å². The normalized spacial score (nSPS) is 18.9. The molecule has 1 aliphatic carbocycles. The van der Waals surface area contributed by atoms with E-state index in [9.17, 15) is 9.90 Å². The molecule has 0 spiro atoms. The van der Waals surface area contributed by atoms with Crippen LogP contribution in [-0.2, 0) is 10.2 Å². The highest BCUT2D eigenvalue weighted by atomic mass is 16.4. The summed E-state index contributed by atoms with van der Waals surface area (Å²) in [6.45, 7) is 3.59. The third-order valence-corrected chi connectivity index (χ3v) is 3.21. The summed E-state index contributed by atoms with van der Waals surface area (Å²) >= 11 is 0. The third-order valence-electron chi connectivity index (χ3n) is 3.21. The first-order valence-corrected chi connectivity index (χ1v) is 5.10. The highest BCUT2D eigenvalue weighted by Crippen LogP contribution is 2.41. The molecular weight excluding hydrogens is 192 g/mol. The Morgan fingerprint density at radius 2 is 2.27 bits per heavy atom. The molecule has 1 fully saturated rings. The number of carboxylic acids is 1. The van der Waals surface area contributed by atoms with Crippen molar-refractivity contribution >= 4 is 12.2 Å². The van der Waals surface area contributed by atoms with Gasteiger partial charge >= 0.3 is 5.97 Å². The predicted molar refractivity (Wildman–Crippen MR) is 56.4 cm³/mol. The Morgan fingerprint density at radius 3 is 2.73 bits per heavy atom. The van der Waals surface area contributed by atoms with Gasteiger partial charge < -0.3 is 5.11 Å². The maximum Gasteiger partial charge on any atom is 0.314 e. The average molecular weight is 206 g/mol. The van der Waals surface area contributed by atoms with Gasteiger partial charge in [-0.15, -0.1) is 0 Å². The molecule has 1 N–H and O–H groups in total. The second-order valence-corrected chi connectivity index (χ2v) is 3.99. The fourth-order valence-electron chi connectivity index (χ4n) is 2.29. The maximum absolute atomic E-state index is 11.4. The van der Waals surface area contributed by atoms with Crippen LogP contribution in [0.4, 0.5) is 0 Å². The lowest BCUT2D eigenvalue weighted by Gasteiger charge is -2.21. The Morgan fingerprint density at radius 1 is 1.60 bits per heavy atom. The smallest absolute Gasteiger partial charge is 0.314 e. The zero-order valence-corrected chi connectivity index (χ0v) is 8.52. The standard InChI is InChI=1S/C11H14N2O2/c1-2-13-8-9(7-12-13)11(10(14)15)5-3-4-6-11/h2,7-8H,1,3-6H2,(H,14,15). The number of nitrogens with zero attached hydrogens (tertiary/aromatic N) is 2. The molecule has 0 amide bonds. The number of carbonyl (C=O) groups is 1. The zero-order chi connectivity index (χ0) is 10.9. The quantitative estimate of drug-likeness (QED) is 0.821. The molecule has 80 valence electrons. The molecular formula is C11H14N2O2. The van der Waals surface area contributed by atoms with Crippen molar-refractivity contribution in [1.29, 1.82) is 0 Å². The first kappa shape index (κ1) is 9.96. The van der Waals surface area contributed by atoms with E-state index in [-0.39, 0.29) is 0 Å². The van der Waals surface area contributed by atoms with Crippen molar-refractivity contribution in [2.24, 2.45) is 0 Å². The molecule has 0 aliphatic heterocycles. The number of hydrogen-bond acceptors (Lipinski definition) is 2. The zero-order valence-electron chi connectivity index (χ0n) is 8.52. The Hall–Kier alpha value is -1.58. The lowest BCUT2D eigenvalue weighted by Crippen LogP contribution is -2.32. The van der Waals surface area contributed by atoms with Gasteiger partial charge in [-0.1, -0.05) is 19.4 Å². The Bertz CT molecular complexity index is 389. The van der Waals surface area contributed by atoms with Gasteiger partial charge in [0.2, 0.25) is 0 Å². The second-order valence-electron chi connectivity index (χ2n) is 3.99. The first-order chi connectivity index (χ1) is 7.19. The van der Waals surface area contributed by atoms with Crippen molar-refractivity contribution in [3.05, 3.63) is 24.5 Å². The lowest BCUT2D eigenvalue weighted by atomic mass is 9.81. The molecule has 1 aromatic heterocycles.